The van der Waals surface area contributed by atoms with Crippen LogP contribution in [0.3, 0.4) is 0 Å². The predicted octanol–water partition coefficient (Wildman–Crippen LogP) is 1.67. The molecule has 2 atom stereocenters. The molecule has 22 heavy (non-hydrogen) atoms. The van der Waals surface area contributed by atoms with Gasteiger partial charge in [-0.05, 0) is 25.7 Å². The summed E-state index contributed by atoms with van der Waals surface area (Å²) < 4.78 is 0. The zero-order chi connectivity index (χ0) is 15.9. The van der Waals surface area contributed by atoms with Crippen molar-refractivity contribution in [2.24, 2.45) is 5.92 Å². The normalized spacial score (nSPS) is 24.3. The van der Waals surface area contributed by atoms with Gasteiger partial charge in [-0.25, -0.2) is 9.78 Å². The first kappa shape index (κ1) is 15.3. The van der Waals surface area contributed by atoms with Crippen LogP contribution in [0.25, 0.3) is 0 Å². The second-order valence-electron chi connectivity index (χ2n) is 6.40. The number of nitrogens with zero attached hydrogens (tertiary/aromatic N) is 4. The lowest BCUT2D eigenvalue weighted by molar-refractivity contribution is 0.0590. The Bertz CT molecular complexity index is 586. The molecule has 4 heterocycles. The Morgan fingerprint density at radius 2 is 2.05 bits per heavy atom. The van der Waals surface area contributed by atoms with Crippen molar-refractivity contribution in [1.82, 2.24) is 19.7 Å². The van der Waals surface area contributed by atoms with Gasteiger partial charge in [0.1, 0.15) is 4.88 Å². The number of urea groups is 1. The molecule has 1 aromatic heterocycles. The van der Waals surface area contributed by atoms with Gasteiger partial charge in [0.15, 0.2) is 0 Å². The van der Waals surface area contributed by atoms with Gasteiger partial charge in [-0.2, -0.15) is 0 Å². The average molecular weight is 322 g/mol. The van der Waals surface area contributed by atoms with Gasteiger partial charge in [0.2, 0.25) is 0 Å². The van der Waals surface area contributed by atoms with Crippen LogP contribution in [0, 0.1) is 12.8 Å². The highest BCUT2D eigenvalue weighted by Crippen LogP contribution is 2.30. The smallest absolute Gasteiger partial charge is 0.319 e. The highest BCUT2D eigenvalue weighted by molar-refractivity contribution is 7.11. The zero-order valence-corrected chi connectivity index (χ0v) is 14.1. The van der Waals surface area contributed by atoms with Crippen LogP contribution in [0.1, 0.15) is 28.2 Å². The van der Waals surface area contributed by atoms with E-state index in [9.17, 15) is 9.59 Å². The Balaban J connectivity index is 1.80. The van der Waals surface area contributed by atoms with Gasteiger partial charge >= 0.3 is 6.03 Å². The highest BCUT2D eigenvalue weighted by atomic mass is 32.1. The van der Waals surface area contributed by atoms with Gasteiger partial charge in [-0.15, -0.1) is 11.3 Å². The summed E-state index contributed by atoms with van der Waals surface area (Å²) in [5, 5.41) is 0. The molecule has 1 aromatic rings. The first-order valence-electron chi connectivity index (χ1n) is 7.64. The van der Waals surface area contributed by atoms with Crippen molar-refractivity contribution in [3.8, 4) is 0 Å². The molecule has 120 valence electrons. The number of hydrogen-bond donors (Lipinski definition) is 0. The van der Waals surface area contributed by atoms with Crippen molar-refractivity contribution in [3.63, 3.8) is 0 Å². The van der Waals surface area contributed by atoms with Crippen molar-refractivity contribution < 1.29 is 9.59 Å². The molecule has 0 aromatic carbocycles. The molecular formula is C15H22N4O2S. The van der Waals surface area contributed by atoms with Crippen LogP contribution in [-0.4, -0.2) is 71.4 Å². The lowest BCUT2D eigenvalue weighted by Crippen LogP contribution is -2.48. The number of aryl methyl sites for hydroxylation is 1. The van der Waals surface area contributed by atoms with Crippen LogP contribution >= 0.6 is 11.3 Å². The third kappa shape index (κ3) is 2.69. The minimum atomic E-state index is 0.0418. The molecular weight excluding hydrogens is 300 g/mol. The molecule has 3 amide bonds. The monoisotopic (exact) mass is 322 g/mol. The number of fused-ring (bicyclic) bond motifs is 4. The van der Waals surface area contributed by atoms with Crippen LogP contribution in [0.5, 0.6) is 0 Å². The van der Waals surface area contributed by atoms with Crippen molar-refractivity contribution in [1.29, 1.82) is 0 Å². The van der Waals surface area contributed by atoms with Gasteiger partial charge in [-0.3, -0.25) is 4.79 Å². The van der Waals surface area contributed by atoms with Crippen molar-refractivity contribution in [2.45, 2.75) is 25.8 Å². The van der Waals surface area contributed by atoms with Crippen LogP contribution in [0.4, 0.5) is 4.79 Å². The van der Waals surface area contributed by atoms with E-state index in [0.29, 0.717) is 12.5 Å². The predicted molar refractivity (Wildman–Crippen MR) is 85.1 cm³/mol. The fourth-order valence-corrected chi connectivity index (χ4v) is 4.16. The number of carbonyl (C=O) groups excluding carboxylic acids is 2. The molecule has 0 unspecified atom stereocenters. The van der Waals surface area contributed by atoms with E-state index < -0.39 is 0 Å². The molecule has 0 saturated carbocycles. The summed E-state index contributed by atoms with van der Waals surface area (Å²) in [6.07, 6.45) is 2.07. The molecule has 0 aliphatic carbocycles. The second-order valence-corrected chi connectivity index (χ2v) is 7.26. The number of thiazole rings is 1. The molecule has 3 aliphatic rings. The fraction of sp³-hybridized carbons (Fsp3) is 0.667. The number of piperidine rings is 1. The van der Waals surface area contributed by atoms with Crippen LogP contribution in [0.2, 0.25) is 0 Å². The second kappa shape index (κ2) is 5.87. The van der Waals surface area contributed by atoms with E-state index in [4.69, 9.17) is 0 Å². The van der Waals surface area contributed by atoms with Gasteiger partial charge in [0, 0.05) is 39.8 Å². The zero-order valence-electron chi connectivity index (χ0n) is 13.3. The minimum absolute atomic E-state index is 0.0418. The van der Waals surface area contributed by atoms with E-state index in [1.165, 1.54) is 11.3 Å². The summed E-state index contributed by atoms with van der Waals surface area (Å²) in [5.41, 5.74) is 2.52. The van der Waals surface area contributed by atoms with Gasteiger partial charge in [0.05, 0.1) is 11.2 Å². The Morgan fingerprint density at radius 3 is 2.68 bits per heavy atom. The lowest BCUT2D eigenvalue weighted by atomic mass is 9.95. The summed E-state index contributed by atoms with van der Waals surface area (Å²) in [6, 6.07) is 0.164. The molecule has 0 radical (unpaired) electrons. The molecule has 3 aliphatic heterocycles. The number of aromatic nitrogens is 1. The third-order valence-corrected chi connectivity index (χ3v) is 5.48. The number of amides is 3. The van der Waals surface area contributed by atoms with Gasteiger partial charge < -0.3 is 14.7 Å². The fourth-order valence-electron chi connectivity index (χ4n) is 3.41. The third-order valence-electron chi connectivity index (χ3n) is 4.57. The maximum atomic E-state index is 12.8. The van der Waals surface area contributed by atoms with Gasteiger partial charge in [0.25, 0.3) is 5.91 Å². The van der Waals surface area contributed by atoms with E-state index in [-0.39, 0.29) is 18.0 Å². The Kier molecular flexibility index (Phi) is 4.08. The molecule has 3 fully saturated rings. The number of carbonyl (C=O) groups is 2. The quantitative estimate of drug-likeness (QED) is 0.790. The van der Waals surface area contributed by atoms with E-state index in [1.54, 1.807) is 24.5 Å². The summed E-state index contributed by atoms with van der Waals surface area (Å²) in [4.78, 5) is 35.5. The van der Waals surface area contributed by atoms with Crippen LogP contribution in [0.15, 0.2) is 5.51 Å². The van der Waals surface area contributed by atoms with E-state index in [1.807, 2.05) is 16.7 Å². The maximum absolute atomic E-state index is 12.8. The number of rotatable bonds is 1. The first-order chi connectivity index (χ1) is 10.5. The van der Waals surface area contributed by atoms with E-state index in [2.05, 4.69) is 4.98 Å². The topological polar surface area (TPSA) is 56.8 Å². The molecule has 7 heteroatoms. The van der Waals surface area contributed by atoms with Gasteiger partial charge in [-0.1, -0.05) is 0 Å². The highest BCUT2D eigenvalue weighted by Gasteiger charge is 2.39. The minimum Gasteiger partial charge on any atom is -0.333 e. The molecule has 0 spiro atoms. The standard InChI is InChI=1S/C15H22N4O2S/c1-10-13(22-9-16-10)14(20)19-7-11-4-5-12(19)8-18(6-11)15(21)17(2)3/h9,11-12H,4-8H2,1-3H3/t11-,12+/m0/s1. The molecule has 3 saturated heterocycles. The number of hydrogen-bond acceptors (Lipinski definition) is 4. The van der Waals surface area contributed by atoms with Crippen molar-refractivity contribution in [3.05, 3.63) is 16.1 Å². The SMILES string of the molecule is Cc1ncsc1C(=O)N1C[C@H]2CC[C@@H]1CN(C(=O)N(C)C)C2. The van der Waals surface area contributed by atoms with E-state index >= 15 is 0 Å². The molecule has 6 nitrogen and oxygen atoms in total. The molecule has 4 rings (SSSR count). The van der Waals surface area contributed by atoms with Crippen molar-refractivity contribution >= 4 is 23.3 Å². The van der Waals surface area contributed by atoms with Crippen LogP contribution < -0.4 is 0 Å². The maximum Gasteiger partial charge on any atom is 0.319 e. The molecule has 0 N–H and O–H groups in total. The first-order valence-corrected chi connectivity index (χ1v) is 8.52. The van der Waals surface area contributed by atoms with Crippen LogP contribution in [-0.2, 0) is 0 Å². The summed E-state index contributed by atoms with van der Waals surface area (Å²) >= 11 is 1.41. The lowest BCUT2D eigenvalue weighted by Gasteiger charge is -2.35. The summed E-state index contributed by atoms with van der Waals surface area (Å²) in [5.74, 6) is 0.452. The largest absolute Gasteiger partial charge is 0.333 e. The average Bonchev–Trinajstić information content (AvgIpc) is 2.73. The van der Waals surface area contributed by atoms with Crippen molar-refractivity contribution in [2.75, 3.05) is 33.7 Å². The Hall–Kier alpha value is -1.63. The Labute approximate surface area is 134 Å². The summed E-state index contributed by atoms with van der Waals surface area (Å²) in [7, 11) is 3.55. The molecule has 2 bridgehead atoms. The van der Waals surface area contributed by atoms with E-state index in [0.717, 1.165) is 36.5 Å². The Morgan fingerprint density at radius 1 is 1.27 bits per heavy atom. The summed E-state index contributed by atoms with van der Waals surface area (Å²) in [6.45, 7) is 4.01.